The van der Waals surface area contributed by atoms with Crippen LogP contribution in [0, 0.1) is 12.7 Å². The third-order valence-corrected chi connectivity index (χ3v) is 2.15. The van der Waals surface area contributed by atoms with Crippen LogP contribution in [0.4, 0.5) is 4.39 Å². The molecular weight excluding hydrogens is 203 g/mol. The molecule has 0 fully saturated rings. The summed E-state index contributed by atoms with van der Waals surface area (Å²) >= 11 is 5.52. The Bertz CT molecular complexity index is 336. The molecule has 1 aromatic rings. The summed E-state index contributed by atoms with van der Waals surface area (Å²) in [5, 5.41) is 0. The summed E-state index contributed by atoms with van der Waals surface area (Å²) in [6.07, 6.45) is 0. The van der Waals surface area contributed by atoms with E-state index in [1.807, 2.05) is 0 Å². The predicted octanol–water partition coefficient (Wildman–Crippen LogP) is 3.31. The number of ether oxygens (including phenoxy) is 1. The van der Waals surface area contributed by atoms with Gasteiger partial charge in [-0.1, -0.05) is 12.6 Å². The van der Waals surface area contributed by atoms with Gasteiger partial charge >= 0.3 is 0 Å². The average Bonchev–Trinajstić information content (AvgIpc) is 2.19. The maximum Gasteiger partial charge on any atom is 0.129 e. The van der Waals surface area contributed by atoms with E-state index in [1.165, 1.54) is 6.07 Å². The van der Waals surface area contributed by atoms with Crippen molar-refractivity contribution in [3.05, 3.63) is 41.7 Å². The van der Waals surface area contributed by atoms with Crippen LogP contribution in [0.2, 0.25) is 0 Å². The molecule has 0 unspecified atom stereocenters. The van der Waals surface area contributed by atoms with E-state index in [4.69, 9.17) is 16.3 Å². The number of alkyl halides is 1. The van der Waals surface area contributed by atoms with E-state index in [-0.39, 0.29) is 5.82 Å². The van der Waals surface area contributed by atoms with E-state index in [2.05, 4.69) is 6.58 Å². The Morgan fingerprint density at radius 3 is 2.86 bits per heavy atom. The van der Waals surface area contributed by atoms with Crippen LogP contribution in [0.1, 0.15) is 5.56 Å². The molecule has 0 heterocycles. The molecule has 1 nitrogen and oxygen atoms in total. The second kappa shape index (κ2) is 5.01. The maximum atomic E-state index is 13.1. The molecule has 0 aliphatic heterocycles. The summed E-state index contributed by atoms with van der Waals surface area (Å²) in [5.74, 6) is 0.590. The third kappa shape index (κ3) is 3.04. The minimum atomic E-state index is -0.265. The predicted molar refractivity (Wildman–Crippen MR) is 56.5 cm³/mol. The molecule has 14 heavy (non-hydrogen) atoms. The molecule has 0 N–H and O–H groups in total. The first-order valence-electron chi connectivity index (χ1n) is 4.25. The van der Waals surface area contributed by atoms with Gasteiger partial charge in [0.1, 0.15) is 18.2 Å². The van der Waals surface area contributed by atoms with Crippen molar-refractivity contribution >= 4 is 11.6 Å². The normalized spacial score (nSPS) is 9.93. The van der Waals surface area contributed by atoms with E-state index in [9.17, 15) is 4.39 Å². The highest BCUT2D eigenvalue weighted by atomic mass is 35.5. The van der Waals surface area contributed by atoms with Gasteiger partial charge in [0.15, 0.2) is 0 Å². The molecule has 0 amide bonds. The van der Waals surface area contributed by atoms with Crippen molar-refractivity contribution in [2.24, 2.45) is 0 Å². The Kier molecular flexibility index (Phi) is 3.96. The van der Waals surface area contributed by atoms with Gasteiger partial charge in [0.25, 0.3) is 0 Å². The van der Waals surface area contributed by atoms with Crippen molar-refractivity contribution in [1.29, 1.82) is 0 Å². The molecule has 0 atom stereocenters. The van der Waals surface area contributed by atoms with E-state index in [0.717, 1.165) is 5.57 Å². The standard InChI is InChI=1S/C11H12ClFO/c1-8(6-12)7-14-10-4-3-9(2)11(13)5-10/h3-5H,1,6-7H2,2H3. The topological polar surface area (TPSA) is 9.23 Å². The summed E-state index contributed by atoms with van der Waals surface area (Å²) in [5.41, 5.74) is 1.38. The monoisotopic (exact) mass is 214 g/mol. The first-order chi connectivity index (χ1) is 6.63. The SMILES string of the molecule is C=C(CCl)COc1ccc(C)c(F)c1. The van der Waals surface area contributed by atoms with Crippen molar-refractivity contribution in [3.63, 3.8) is 0 Å². The molecule has 0 spiro atoms. The summed E-state index contributed by atoms with van der Waals surface area (Å²) < 4.78 is 18.3. The number of aryl methyl sites for hydroxylation is 1. The lowest BCUT2D eigenvalue weighted by Gasteiger charge is -2.07. The van der Waals surface area contributed by atoms with Crippen molar-refractivity contribution < 1.29 is 9.13 Å². The van der Waals surface area contributed by atoms with E-state index < -0.39 is 0 Å². The summed E-state index contributed by atoms with van der Waals surface area (Å²) in [6.45, 7) is 5.71. The zero-order chi connectivity index (χ0) is 10.6. The first kappa shape index (κ1) is 11.1. The molecule has 0 bridgehead atoms. The molecule has 76 valence electrons. The molecule has 0 aliphatic rings. The van der Waals surface area contributed by atoms with Gasteiger partial charge in [-0.2, -0.15) is 0 Å². The smallest absolute Gasteiger partial charge is 0.129 e. The molecule has 0 aromatic heterocycles. The fourth-order valence-corrected chi connectivity index (χ4v) is 0.964. The van der Waals surface area contributed by atoms with E-state index in [0.29, 0.717) is 23.8 Å². The first-order valence-corrected chi connectivity index (χ1v) is 4.78. The van der Waals surface area contributed by atoms with Crippen LogP contribution < -0.4 is 4.74 Å². The van der Waals surface area contributed by atoms with Crippen molar-refractivity contribution in [3.8, 4) is 5.75 Å². The molecule has 0 saturated carbocycles. The Morgan fingerprint density at radius 1 is 1.57 bits per heavy atom. The fourth-order valence-electron chi connectivity index (χ4n) is 0.887. The molecule has 0 saturated heterocycles. The van der Waals surface area contributed by atoms with Crippen LogP contribution in [0.15, 0.2) is 30.4 Å². The Morgan fingerprint density at radius 2 is 2.29 bits per heavy atom. The van der Waals surface area contributed by atoms with Crippen molar-refractivity contribution in [1.82, 2.24) is 0 Å². The summed E-state index contributed by atoms with van der Waals surface area (Å²) in [6, 6.07) is 4.75. The largest absolute Gasteiger partial charge is 0.489 e. The fraction of sp³-hybridized carbons (Fsp3) is 0.273. The van der Waals surface area contributed by atoms with Crippen molar-refractivity contribution in [2.75, 3.05) is 12.5 Å². The molecular formula is C11H12ClFO. The quantitative estimate of drug-likeness (QED) is 0.552. The average molecular weight is 215 g/mol. The highest BCUT2D eigenvalue weighted by molar-refractivity contribution is 6.19. The van der Waals surface area contributed by atoms with Crippen LogP contribution in [0.5, 0.6) is 5.75 Å². The number of hydrogen-bond donors (Lipinski definition) is 0. The summed E-state index contributed by atoms with van der Waals surface area (Å²) in [7, 11) is 0. The molecule has 3 heteroatoms. The molecule has 1 rings (SSSR count). The van der Waals surface area contributed by atoms with Gasteiger partial charge < -0.3 is 4.74 Å². The third-order valence-electron chi connectivity index (χ3n) is 1.78. The van der Waals surface area contributed by atoms with Crippen LogP contribution in [-0.2, 0) is 0 Å². The summed E-state index contributed by atoms with van der Waals surface area (Å²) in [4.78, 5) is 0. The van der Waals surface area contributed by atoms with E-state index in [1.54, 1.807) is 19.1 Å². The minimum Gasteiger partial charge on any atom is -0.489 e. The second-order valence-corrected chi connectivity index (χ2v) is 3.35. The lowest BCUT2D eigenvalue weighted by Crippen LogP contribution is -2.01. The van der Waals surface area contributed by atoms with Gasteiger partial charge in [0.05, 0.1) is 0 Å². The minimum absolute atomic E-state index is 0.265. The van der Waals surface area contributed by atoms with Crippen LogP contribution in [-0.4, -0.2) is 12.5 Å². The number of halogens is 2. The highest BCUT2D eigenvalue weighted by Crippen LogP contribution is 2.16. The Hall–Kier alpha value is -1.02. The zero-order valence-electron chi connectivity index (χ0n) is 8.02. The van der Waals surface area contributed by atoms with E-state index >= 15 is 0 Å². The van der Waals surface area contributed by atoms with Crippen molar-refractivity contribution in [2.45, 2.75) is 6.92 Å². The van der Waals surface area contributed by atoms with Gasteiger partial charge in [-0.15, -0.1) is 11.6 Å². The number of benzene rings is 1. The van der Waals surface area contributed by atoms with Gasteiger partial charge in [-0.3, -0.25) is 0 Å². The molecule has 1 aromatic carbocycles. The lowest BCUT2D eigenvalue weighted by molar-refractivity contribution is 0.350. The van der Waals surface area contributed by atoms with Crippen LogP contribution >= 0.6 is 11.6 Å². The number of rotatable bonds is 4. The van der Waals surface area contributed by atoms with Crippen LogP contribution in [0.3, 0.4) is 0 Å². The van der Waals surface area contributed by atoms with Gasteiger partial charge in [-0.05, 0) is 24.1 Å². The zero-order valence-corrected chi connectivity index (χ0v) is 8.77. The Balaban J connectivity index is 2.60. The number of hydrogen-bond acceptors (Lipinski definition) is 1. The lowest BCUT2D eigenvalue weighted by atomic mass is 10.2. The molecule has 0 aliphatic carbocycles. The highest BCUT2D eigenvalue weighted by Gasteiger charge is 2.00. The Labute approximate surface area is 88.1 Å². The molecule has 0 radical (unpaired) electrons. The maximum absolute atomic E-state index is 13.1. The second-order valence-electron chi connectivity index (χ2n) is 3.08. The van der Waals surface area contributed by atoms with Gasteiger partial charge in [-0.25, -0.2) is 4.39 Å². The van der Waals surface area contributed by atoms with Gasteiger partial charge in [0.2, 0.25) is 0 Å². The van der Waals surface area contributed by atoms with Gasteiger partial charge in [0, 0.05) is 11.9 Å². The van der Waals surface area contributed by atoms with Crippen LogP contribution in [0.25, 0.3) is 0 Å².